The lowest BCUT2D eigenvalue weighted by Crippen LogP contribution is -1.80. The van der Waals surface area contributed by atoms with Crippen molar-refractivity contribution >= 4 is 115 Å². The average Bonchev–Trinajstić information content (AvgIpc) is 4.27. The van der Waals surface area contributed by atoms with Crippen LogP contribution in [0.1, 0.15) is 116 Å². The van der Waals surface area contributed by atoms with E-state index in [0.29, 0.717) is 0 Å². The van der Waals surface area contributed by atoms with Gasteiger partial charge in [-0.25, -0.2) is 0 Å². The second-order valence-corrected chi connectivity index (χ2v) is 22.6. The van der Waals surface area contributed by atoms with Crippen molar-refractivity contribution in [3.63, 3.8) is 0 Å². The maximum Gasteiger partial charge on any atom is 0.177 e. The minimum atomic E-state index is -0.117. The standard InChI is InChI=1S/C14H18S2.C9H8S3.C9H8S2.C8H5FS2.C8H6OS.5C2H6/c1-2-3-4-5-7-12-9-10-14(16-12)13-8-6-11-15-13;10-6-7-3-4-9(12-7)8-2-1-5-11-8;1-7-4-5-9(11-7)8-3-2-6-10-8;9-8-4-3-7(11-8)6-2-1-5-10-6;1-3-7(9-5-1)8-4-2-6-10-8;5*1-2/h6,8-11H,2-5,7H2,1H3;1-5,10H,6H2;2-6H,1H3;1-5H;1-6H;5*1-2H3. The van der Waals surface area contributed by atoms with Crippen molar-refractivity contribution in [1.82, 2.24) is 0 Å². The number of aryl methyl sites for hydroxylation is 2. The lowest BCUT2D eigenvalue weighted by atomic mass is 10.1. The third-order valence-corrected chi connectivity index (χ3v) is 18.2. The molecule has 0 bridgehead atoms. The van der Waals surface area contributed by atoms with Gasteiger partial charge < -0.3 is 4.42 Å². The van der Waals surface area contributed by atoms with Gasteiger partial charge in [0.2, 0.25) is 0 Å². The number of furan rings is 1. The molecule has 380 valence electrons. The van der Waals surface area contributed by atoms with E-state index in [1.54, 1.807) is 56.5 Å². The highest BCUT2D eigenvalue weighted by Gasteiger charge is 2.05. The van der Waals surface area contributed by atoms with Crippen molar-refractivity contribution in [2.45, 2.75) is 121 Å². The summed E-state index contributed by atoms with van der Waals surface area (Å²) < 4.78 is 17.7. The maximum absolute atomic E-state index is 12.5. The van der Waals surface area contributed by atoms with Crippen molar-refractivity contribution in [1.29, 1.82) is 0 Å². The normalized spacial score (nSPS) is 9.34. The largest absolute Gasteiger partial charge is 0.464 e. The summed E-state index contributed by atoms with van der Waals surface area (Å²) in [7, 11) is 0. The third kappa shape index (κ3) is 25.0. The first-order chi connectivity index (χ1) is 34.5. The molecule has 10 heterocycles. The van der Waals surface area contributed by atoms with Gasteiger partial charge in [0.1, 0.15) is 5.76 Å². The fourth-order valence-electron chi connectivity index (χ4n) is 5.49. The molecular weight excluding hydrogens is 1050 g/mol. The van der Waals surface area contributed by atoms with E-state index in [1.165, 1.54) is 93.4 Å². The molecule has 10 aromatic rings. The average molecular weight is 1130 g/mol. The van der Waals surface area contributed by atoms with Crippen LogP contribution in [0.15, 0.2) is 159 Å². The zero-order chi connectivity index (χ0) is 51.8. The van der Waals surface area contributed by atoms with Gasteiger partial charge in [-0.05, 0) is 138 Å². The van der Waals surface area contributed by atoms with Crippen LogP contribution in [0.3, 0.4) is 0 Å². The first kappa shape index (κ1) is 64.9. The Kier molecular flexibility index (Phi) is 39.3. The lowest BCUT2D eigenvalue weighted by molar-refractivity contribution is 0.584. The van der Waals surface area contributed by atoms with Crippen LogP contribution in [0.2, 0.25) is 0 Å². The van der Waals surface area contributed by atoms with Crippen LogP contribution in [0.4, 0.5) is 4.39 Å². The summed E-state index contributed by atoms with van der Waals surface area (Å²) in [5.74, 6) is 1.80. The van der Waals surface area contributed by atoms with Crippen LogP contribution >= 0.6 is 115 Å². The molecule has 0 aromatic carbocycles. The third-order valence-electron chi connectivity index (χ3n) is 8.41. The Morgan fingerprint density at radius 2 is 0.829 bits per heavy atom. The highest BCUT2D eigenvalue weighted by molar-refractivity contribution is 7.79. The smallest absolute Gasteiger partial charge is 0.177 e. The molecule has 0 aliphatic rings. The molecule has 70 heavy (non-hydrogen) atoms. The Labute approximate surface area is 463 Å². The zero-order valence-corrected chi connectivity index (χ0v) is 51.4. The highest BCUT2D eigenvalue weighted by Crippen LogP contribution is 2.34. The summed E-state index contributed by atoms with van der Waals surface area (Å²) in [5, 5.41) is 10.3. The van der Waals surface area contributed by atoms with Gasteiger partial charge in [0.25, 0.3) is 0 Å². The Morgan fingerprint density at radius 3 is 1.19 bits per heavy atom. The van der Waals surface area contributed by atoms with E-state index in [0.717, 1.165) is 21.3 Å². The first-order valence-electron chi connectivity index (χ1n) is 24.3. The second kappa shape index (κ2) is 42.4. The second-order valence-electron chi connectivity index (χ2n) is 12.9. The highest BCUT2D eigenvalue weighted by atomic mass is 32.1. The number of hydrogen-bond acceptors (Lipinski definition) is 11. The van der Waals surface area contributed by atoms with Gasteiger partial charge in [-0.2, -0.15) is 17.0 Å². The van der Waals surface area contributed by atoms with Crippen molar-refractivity contribution in [3.8, 4) is 49.7 Å². The van der Waals surface area contributed by atoms with E-state index in [9.17, 15) is 4.39 Å². The Morgan fingerprint density at radius 1 is 0.414 bits per heavy atom. The molecule has 0 atom stereocenters. The fourth-order valence-corrected chi connectivity index (χ4v) is 13.3. The molecule has 0 N–H and O–H groups in total. The Bertz CT molecular complexity index is 2430. The predicted molar refractivity (Wildman–Crippen MR) is 335 cm³/mol. The summed E-state index contributed by atoms with van der Waals surface area (Å²) >= 11 is 19.8. The number of thiophene rings is 9. The summed E-state index contributed by atoms with van der Waals surface area (Å²) in [5.41, 5.74) is 0. The topological polar surface area (TPSA) is 13.1 Å². The van der Waals surface area contributed by atoms with Crippen LogP contribution in [-0.4, -0.2) is 0 Å². The fraction of sp³-hybridized carbons (Fsp3) is 0.310. The zero-order valence-electron chi connectivity index (χ0n) is 43.2. The van der Waals surface area contributed by atoms with E-state index in [4.69, 9.17) is 4.42 Å². The van der Waals surface area contributed by atoms with Crippen molar-refractivity contribution in [2.75, 3.05) is 0 Å². The Balaban J connectivity index is 0.000000421. The van der Waals surface area contributed by atoms with Crippen LogP contribution in [0, 0.1) is 12.1 Å². The van der Waals surface area contributed by atoms with Gasteiger partial charge in [-0.1, -0.05) is 126 Å². The molecule has 0 amide bonds. The number of unbranched alkanes of at least 4 members (excludes halogenated alkanes) is 3. The number of halogens is 1. The molecule has 0 aliphatic heterocycles. The molecule has 1 nitrogen and oxygen atoms in total. The number of hydrogen-bond donors (Lipinski definition) is 1. The number of rotatable bonds is 11. The summed E-state index contributed by atoms with van der Waals surface area (Å²) in [6.45, 7) is 24.4. The maximum atomic E-state index is 12.5. The molecule has 0 saturated heterocycles. The molecular formula is C58H75FOS10. The molecule has 0 fully saturated rings. The molecule has 12 heteroatoms. The van der Waals surface area contributed by atoms with Gasteiger partial charge in [-0.3, -0.25) is 0 Å². The van der Waals surface area contributed by atoms with E-state index in [-0.39, 0.29) is 5.13 Å². The van der Waals surface area contributed by atoms with E-state index in [2.05, 4.69) is 115 Å². The molecule has 0 aliphatic carbocycles. The molecule has 0 saturated carbocycles. The quantitative estimate of drug-likeness (QED) is 0.101. The SMILES string of the molecule is CC.CC.CC.CC.CC.CCCCCCc1ccc(-c2cccs2)s1.Cc1ccc(-c2cccs2)s1.Fc1ccc(-c2cccs2)s1.SCc1ccc(-c2cccs2)s1.c1coc(-c2cccs2)c1. The van der Waals surface area contributed by atoms with Gasteiger partial charge in [0.05, 0.1) is 11.1 Å². The molecule has 0 radical (unpaired) electrons. The summed E-state index contributed by atoms with van der Waals surface area (Å²) in [6, 6.07) is 41.3. The van der Waals surface area contributed by atoms with Gasteiger partial charge >= 0.3 is 0 Å². The van der Waals surface area contributed by atoms with Gasteiger partial charge in [0.15, 0.2) is 5.13 Å². The molecule has 10 rings (SSSR count). The van der Waals surface area contributed by atoms with Crippen LogP contribution in [0.25, 0.3) is 49.7 Å². The number of thiol groups is 1. The predicted octanol–water partition coefficient (Wildman–Crippen LogP) is 25.0. The van der Waals surface area contributed by atoms with Crippen molar-refractivity contribution in [3.05, 3.63) is 174 Å². The van der Waals surface area contributed by atoms with Crippen LogP contribution in [0.5, 0.6) is 0 Å². The van der Waals surface area contributed by atoms with Crippen molar-refractivity contribution in [2.24, 2.45) is 0 Å². The van der Waals surface area contributed by atoms with E-state index < -0.39 is 0 Å². The monoisotopic (exact) mass is 1130 g/mol. The molecule has 0 unspecified atom stereocenters. The van der Waals surface area contributed by atoms with Crippen LogP contribution in [-0.2, 0) is 12.2 Å². The first-order valence-corrected chi connectivity index (χ1v) is 32.6. The molecule has 10 aromatic heterocycles. The minimum absolute atomic E-state index is 0.117. The minimum Gasteiger partial charge on any atom is -0.464 e. The van der Waals surface area contributed by atoms with Crippen molar-refractivity contribution < 1.29 is 8.81 Å². The van der Waals surface area contributed by atoms with Gasteiger partial charge in [0, 0.05) is 59.4 Å². The van der Waals surface area contributed by atoms with E-state index >= 15 is 0 Å². The van der Waals surface area contributed by atoms with Gasteiger partial charge in [-0.15, -0.1) is 102 Å². The van der Waals surface area contributed by atoms with E-state index in [1.807, 2.05) is 168 Å². The Hall–Kier alpha value is -3.14. The van der Waals surface area contributed by atoms with Crippen LogP contribution < -0.4 is 0 Å². The molecule has 0 spiro atoms. The summed E-state index contributed by atoms with van der Waals surface area (Å²) in [4.78, 5) is 15.9. The lowest BCUT2D eigenvalue weighted by Gasteiger charge is -1.96. The summed E-state index contributed by atoms with van der Waals surface area (Å²) in [6.07, 6.45) is 8.38.